The Morgan fingerprint density at radius 1 is 1.03 bits per heavy atom. The molecule has 3 aromatic rings. The minimum absolute atomic E-state index is 0.00848. The largest absolute Gasteiger partial charge is 0.375 e. The van der Waals surface area contributed by atoms with Crippen molar-refractivity contribution in [2.75, 3.05) is 32.1 Å². The Morgan fingerprint density at radius 2 is 1.74 bits per heavy atom. The van der Waals surface area contributed by atoms with Gasteiger partial charge in [-0.05, 0) is 50.1 Å². The molecule has 2 heterocycles. The SMILES string of the molecule is COCC(=O)NC1CCN(C(=O)c2ccc(Nc3nccc(-c4ccc(C)cc4)n3)cc2)CC1. The van der Waals surface area contributed by atoms with E-state index in [1.807, 2.05) is 35.2 Å². The topological polar surface area (TPSA) is 96.5 Å². The van der Waals surface area contributed by atoms with Crippen LogP contribution >= 0.6 is 0 Å². The average molecular weight is 460 g/mol. The summed E-state index contributed by atoms with van der Waals surface area (Å²) in [4.78, 5) is 35.3. The maximum atomic E-state index is 12.9. The molecule has 4 rings (SSSR count). The second kappa shape index (κ2) is 10.9. The minimum atomic E-state index is -0.122. The van der Waals surface area contributed by atoms with Crippen molar-refractivity contribution in [1.29, 1.82) is 0 Å². The van der Waals surface area contributed by atoms with E-state index < -0.39 is 0 Å². The molecular formula is C26H29N5O3. The third-order valence-corrected chi connectivity index (χ3v) is 5.81. The number of nitrogens with zero attached hydrogens (tertiary/aromatic N) is 3. The van der Waals surface area contributed by atoms with Crippen LogP contribution in [0.15, 0.2) is 60.8 Å². The fraction of sp³-hybridized carbons (Fsp3) is 0.308. The number of likely N-dealkylation sites (tertiary alicyclic amines) is 1. The van der Waals surface area contributed by atoms with Crippen molar-refractivity contribution in [3.05, 3.63) is 71.9 Å². The highest BCUT2D eigenvalue weighted by Crippen LogP contribution is 2.21. The number of nitrogens with one attached hydrogen (secondary N) is 2. The average Bonchev–Trinajstić information content (AvgIpc) is 2.85. The van der Waals surface area contributed by atoms with Crippen LogP contribution in [-0.2, 0) is 9.53 Å². The van der Waals surface area contributed by atoms with Crippen LogP contribution in [0.4, 0.5) is 11.6 Å². The highest BCUT2D eigenvalue weighted by Gasteiger charge is 2.24. The zero-order chi connectivity index (χ0) is 23.9. The molecule has 2 N–H and O–H groups in total. The maximum absolute atomic E-state index is 12.9. The number of anilines is 2. The molecule has 0 saturated carbocycles. The molecule has 1 fully saturated rings. The van der Waals surface area contributed by atoms with Crippen molar-refractivity contribution in [3.63, 3.8) is 0 Å². The van der Waals surface area contributed by atoms with Gasteiger partial charge in [0.25, 0.3) is 5.91 Å². The van der Waals surface area contributed by atoms with Crippen molar-refractivity contribution < 1.29 is 14.3 Å². The first kappa shape index (κ1) is 23.4. The molecule has 0 radical (unpaired) electrons. The smallest absolute Gasteiger partial charge is 0.253 e. The molecule has 0 bridgehead atoms. The molecule has 1 aliphatic rings. The second-order valence-corrected chi connectivity index (χ2v) is 8.40. The molecule has 2 aromatic carbocycles. The molecule has 176 valence electrons. The standard InChI is InChI=1S/C26H29N5O3/c1-18-3-5-19(6-4-18)23-11-14-27-26(30-23)29-21-9-7-20(8-10-21)25(33)31-15-12-22(13-16-31)28-24(32)17-34-2/h3-11,14,22H,12-13,15-17H2,1-2H3,(H,28,32)(H,27,29,30). The molecule has 1 aliphatic heterocycles. The Hall–Kier alpha value is -3.78. The van der Waals surface area contributed by atoms with E-state index in [2.05, 4.69) is 39.7 Å². The Bertz CT molecular complexity index is 1120. The summed E-state index contributed by atoms with van der Waals surface area (Å²) in [6.07, 6.45) is 3.19. The fourth-order valence-corrected chi connectivity index (χ4v) is 3.94. The Morgan fingerprint density at radius 3 is 2.41 bits per heavy atom. The van der Waals surface area contributed by atoms with Crippen molar-refractivity contribution in [3.8, 4) is 11.3 Å². The van der Waals surface area contributed by atoms with Crippen molar-refractivity contribution in [2.45, 2.75) is 25.8 Å². The fourth-order valence-electron chi connectivity index (χ4n) is 3.94. The quantitative estimate of drug-likeness (QED) is 0.561. The van der Waals surface area contributed by atoms with Crippen molar-refractivity contribution >= 4 is 23.5 Å². The van der Waals surface area contributed by atoms with Gasteiger partial charge in [0.2, 0.25) is 11.9 Å². The van der Waals surface area contributed by atoms with Gasteiger partial charge in [0.15, 0.2) is 0 Å². The summed E-state index contributed by atoms with van der Waals surface area (Å²) < 4.78 is 4.85. The zero-order valence-corrected chi connectivity index (χ0v) is 19.5. The lowest BCUT2D eigenvalue weighted by Gasteiger charge is -2.32. The molecule has 8 nitrogen and oxygen atoms in total. The van der Waals surface area contributed by atoms with E-state index in [4.69, 9.17) is 4.74 Å². The molecule has 1 saturated heterocycles. The van der Waals surface area contributed by atoms with Gasteiger partial charge < -0.3 is 20.3 Å². The lowest BCUT2D eigenvalue weighted by atomic mass is 10.0. The predicted molar refractivity (Wildman–Crippen MR) is 131 cm³/mol. The Balaban J connectivity index is 1.34. The van der Waals surface area contributed by atoms with Crippen molar-refractivity contribution in [2.24, 2.45) is 0 Å². The minimum Gasteiger partial charge on any atom is -0.375 e. The van der Waals surface area contributed by atoms with Gasteiger partial charge in [0, 0.05) is 49.3 Å². The maximum Gasteiger partial charge on any atom is 0.253 e. The highest BCUT2D eigenvalue weighted by molar-refractivity contribution is 5.94. The predicted octanol–water partition coefficient (Wildman–Crippen LogP) is 3.56. The van der Waals surface area contributed by atoms with Gasteiger partial charge in [-0.25, -0.2) is 9.97 Å². The summed E-state index contributed by atoms with van der Waals surface area (Å²) in [5.74, 6) is 0.365. The Labute approximate surface area is 199 Å². The summed E-state index contributed by atoms with van der Waals surface area (Å²) in [5.41, 5.74) is 4.49. The van der Waals surface area contributed by atoms with Gasteiger partial charge >= 0.3 is 0 Å². The molecule has 0 atom stereocenters. The number of rotatable bonds is 7. The van der Waals surface area contributed by atoms with E-state index in [9.17, 15) is 9.59 Å². The van der Waals surface area contributed by atoms with Gasteiger partial charge in [-0.15, -0.1) is 0 Å². The number of hydrogen-bond acceptors (Lipinski definition) is 6. The molecule has 1 aromatic heterocycles. The number of aryl methyl sites for hydroxylation is 1. The number of amides is 2. The molecule has 2 amide bonds. The van der Waals surface area contributed by atoms with Crippen molar-refractivity contribution in [1.82, 2.24) is 20.2 Å². The van der Waals surface area contributed by atoms with Crippen LogP contribution in [0.5, 0.6) is 0 Å². The summed E-state index contributed by atoms with van der Waals surface area (Å²) >= 11 is 0. The van der Waals surface area contributed by atoms with Crippen LogP contribution in [0.3, 0.4) is 0 Å². The van der Waals surface area contributed by atoms with Crippen LogP contribution in [0.25, 0.3) is 11.3 Å². The molecule has 0 aliphatic carbocycles. The first-order valence-electron chi connectivity index (χ1n) is 11.4. The molecule has 0 spiro atoms. The number of carbonyl (C=O) groups is 2. The van der Waals surface area contributed by atoms with E-state index >= 15 is 0 Å². The van der Waals surface area contributed by atoms with E-state index in [1.165, 1.54) is 12.7 Å². The van der Waals surface area contributed by atoms with Gasteiger partial charge in [0.05, 0.1) is 5.69 Å². The van der Waals surface area contributed by atoms with E-state index in [1.54, 1.807) is 18.3 Å². The molecule has 8 heteroatoms. The Kier molecular flexibility index (Phi) is 7.49. The first-order chi connectivity index (χ1) is 16.5. The zero-order valence-electron chi connectivity index (χ0n) is 19.5. The molecular weight excluding hydrogens is 430 g/mol. The lowest BCUT2D eigenvalue weighted by Crippen LogP contribution is -2.47. The highest BCUT2D eigenvalue weighted by atomic mass is 16.5. The monoisotopic (exact) mass is 459 g/mol. The van der Waals surface area contributed by atoms with E-state index in [0.29, 0.717) is 24.6 Å². The number of benzene rings is 2. The third kappa shape index (κ3) is 5.96. The van der Waals surface area contributed by atoms with E-state index in [0.717, 1.165) is 29.8 Å². The van der Waals surface area contributed by atoms with Crippen LogP contribution in [-0.4, -0.2) is 59.5 Å². The number of aromatic nitrogens is 2. The first-order valence-corrected chi connectivity index (χ1v) is 11.4. The number of piperidine rings is 1. The number of hydrogen-bond donors (Lipinski definition) is 2. The second-order valence-electron chi connectivity index (χ2n) is 8.40. The molecule has 0 unspecified atom stereocenters. The van der Waals surface area contributed by atoms with Gasteiger partial charge in [0.1, 0.15) is 6.61 Å². The van der Waals surface area contributed by atoms with Gasteiger partial charge in [-0.2, -0.15) is 0 Å². The van der Waals surface area contributed by atoms with E-state index in [-0.39, 0.29) is 24.5 Å². The number of carbonyl (C=O) groups excluding carboxylic acids is 2. The third-order valence-electron chi connectivity index (χ3n) is 5.81. The number of methoxy groups -OCH3 is 1. The summed E-state index contributed by atoms with van der Waals surface area (Å²) in [7, 11) is 1.50. The normalized spacial score (nSPS) is 14.0. The van der Waals surface area contributed by atoms with Crippen LogP contribution in [0.1, 0.15) is 28.8 Å². The lowest BCUT2D eigenvalue weighted by molar-refractivity contribution is -0.125. The molecule has 34 heavy (non-hydrogen) atoms. The summed E-state index contributed by atoms with van der Waals surface area (Å²) in [5, 5.41) is 6.15. The van der Waals surface area contributed by atoms with Crippen LogP contribution in [0.2, 0.25) is 0 Å². The van der Waals surface area contributed by atoms with Crippen LogP contribution in [0, 0.1) is 6.92 Å². The van der Waals surface area contributed by atoms with Crippen LogP contribution < -0.4 is 10.6 Å². The number of ether oxygens (including phenoxy) is 1. The summed E-state index contributed by atoms with van der Waals surface area (Å²) in [6.45, 7) is 3.32. The summed E-state index contributed by atoms with van der Waals surface area (Å²) in [6, 6.07) is 17.5. The van der Waals surface area contributed by atoms with Gasteiger partial charge in [-0.3, -0.25) is 9.59 Å². The van der Waals surface area contributed by atoms with Gasteiger partial charge in [-0.1, -0.05) is 29.8 Å².